The van der Waals surface area contributed by atoms with E-state index in [9.17, 15) is 0 Å². The molecule has 0 N–H and O–H groups in total. The molecule has 2 aliphatic carbocycles. The number of hydrogen-bond donors (Lipinski definition) is 0. The first kappa shape index (κ1) is 20.3. The third-order valence-corrected chi connectivity index (χ3v) is 11.7. The molecule has 0 aromatic heterocycles. The van der Waals surface area contributed by atoms with Crippen molar-refractivity contribution in [2.24, 2.45) is 16.7 Å². The summed E-state index contributed by atoms with van der Waals surface area (Å²) in [5.74, 6) is 2.73. The molecule has 2 bridgehead atoms. The molecule has 0 amide bonds. The second kappa shape index (κ2) is 6.69. The van der Waals surface area contributed by atoms with Crippen molar-refractivity contribution in [1.29, 1.82) is 0 Å². The average molecular weight is 416 g/mol. The van der Waals surface area contributed by atoms with Crippen molar-refractivity contribution in [3.05, 3.63) is 77.9 Å². The van der Waals surface area contributed by atoms with Crippen LogP contribution in [0.4, 0.5) is 0 Å². The van der Waals surface area contributed by atoms with Gasteiger partial charge >= 0.3 is 7.12 Å². The summed E-state index contributed by atoms with van der Waals surface area (Å²) >= 11 is 0. The van der Waals surface area contributed by atoms with Crippen molar-refractivity contribution >= 4 is 20.4 Å². The van der Waals surface area contributed by atoms with Crippen LogP contribution in [0.25, 0.3) is 0 Å². The first-order valence-corrected chi connectivity index (χ1v) is 14.4. The van der Waals surface area contributed by atoms with Crippen molar-refractivity contribution in [2.45, 2.75) is 58.4 Å². The molecular weight excluding hydrogens is 383 g/mol. The molecule has 0 spiro atoms. The van der Waals surface area contributed by atoms with Gasteiger partial charge in [0.05, 0.1) is 6.10 Å². The van der Waals surface area contributed by atoms with E-state index in [-0.39, 0.29) is 29.7 Å². The van der Waals surface area contributed by atoms with Crippen LogP contribution in [0.1, 0.15) is 39.2 Å². The summed E-state index contributed by atoms with van der Waals surface area (Å²) in [5.41, 5.74) is 3.56. The van der Waals surface area contributed by atoms with E-state index in [0.29, 0.717) is 5.92 Å². The lowest BCUT2D eigenvalue weighted by molar-refractivity contribution is -0.0801. The van der Waals surface area contributed by atoms with Gasteiger partial charge in [0.15, 0.2) is 0 Å². The Balaban J connectivity index is 1.51. The van der Waals surface area contributed by atoms with E-state index < -0.39 is 8.07 Å². The van der Waals surface area contributed by atoms with Gasteiger partial charge in [-0.3, -0.25) is 0 Å². The van der Waals surface area contributed by atoms with Crippen molar-refractivity contribution in [1.82, 2.24) is 0 Å². The van der Waals surface area contributed by atoms with Crippen molar-refractivity contribution < 1.29 is 9.31 Å². The molecule has 1 saturated heterocycles. The number of benzene rings is 2. The highest BCUT2D eigenvalue weighted by atomic mass is 28.3. The average Bonchev–Trinajstić information content (AvgIpc) is 3.29. The van der Waals surface area contributed by atoms with Gasteiger partial charge in [-0.25, -0.2) is 0 Å². The van der Waals surface area contributed by atoms with Gasteiger partial charge in [0.25, 0.3) is 0 Å². The Morgan fingerprint density at radius 2 is 1.60 bits per heavy atom. The van der Waals surface area contributed by atoms with Crippen LogP contribution in [-0.2, 0) is 14.9 Å². The number of rotatable bonds is 4. The monoisotopic (exact) mass is 416 g/mol. The predicted molar refractivity (Wildman–Crippen MR) is 127 cm³/mol. The van der Waals surface area contributed by atoms with Crippen LogP contribution >= 0.6 is 0 Å². The van der Waals surface area contributed by atoms with Crippen LogP contribution in [0, 0.1) is 16.7 Å². The smallest absolute Gasteiger partial charge is 0.401 e. The van der Waals surface area contributed by atoms with E-state index in [4.69, 9.17) is 9.31 Å². The maximum Gasteiger partial charge on any atom is 0.486 e. The predicted octanol–water partition coefficient (Wildman–Crippen LogP) is 5.49. The third kappa shape index (κ3) is 2.57. The summed E-state index contributed by atoms with van der Waals surface area (Å²) in [7, 11) is -1.97. The third-order valence-electron chi connectivity index (χ3n) is 8.86. The molecule has 1 aliphatic heterocycles. The molecule has 30 heavy (non-hydrogen) atoms. The largest absolute Gasteiger partial charge is 0.486 e. The van der Waals surface area contributed by atoms with Gasteiger partial charge < -0.3 is 9.31 Å². The van der Waals surface area contributed by atoms with E-state index in [1.165, 1.54) is 23.6 Å². The summed E-state index contributed by atoms with van der Waals surface area (Å²) in [6.07, 6.45) is 2.54. The summed E-state index contributed by atoms with van der Waals surface area (Å²) in [4.78, 5) is 0. The van der Waals surface area contributed by atoms with Crippen molar-refractivity contribution in [3.8, 4) is 0 Å². The summed E-state index contributed by atoms with van der Waals surface area (Å²) in [6.45, 7) is 12.1. The van der Waals surface area contributed by atoms with Gasteiger partial charge in [-0.2, -0.15) is 0 Å². The molecular formula is C26H33BO2Si. The summed E-state index contributed by atoms with van der Waals surface area (Å²) < 4.78 is 13.7. The Hall–Kier alpha value is -1.62. The first-order valence-electron chi connectivity index (χ1n) is 11.4. The zero-order valence-corrected chi connectivity index (χ0v) is 19.9. The van der Waals surface area contributed by atoms with Crippen LogP contribution in [0.5, 0.6) is 0 Å². The molecule has 4 heteroatoms. The molecule has 1 heterocycles. The molecule has 2 saturated carbocycles. The fourth-order valence-electron chi connectivity index (χ4n) is 6.68. The minimum absolute atomic E-state index is 0.0612. The topological polar surface area (TPSA) is 18.5 Å². The van der Waals surface area contributed by atoms with Crippen molar-refractivity contribution in [3.63, 3.8) is 0 Å². The van der Waals surface area contributed by atoms with E-state index in [2.05, 4.69) is 106 Å². The number of hydrogen-bond acceptors (Lipinski definition) is 2. The lowest BCUT2D eigenvalue weighted by Gasteiger charge is -2.48. The fraction of sp³-hybridized carbons (Fsp3) is 0.462. The van der Waals surface area contributed by atoms with Gasteiger partial charge in [-0.15, -0.1) is 0 Å². The molecule has 1 unspecified atom stereocenters. The van der Waals surface area contributed by atoms with E-state index >= 15 is 0 Å². The van der Waals surface area contributed by atoms with Crippen LogP contribution < -0.4 is 5.19 Å². The highest BCUT2D eigenvalue weighted by Gasteiger charge is 2.78. The molecule has 2 nitrogen and oxygen atoms in total. The summed E-state index contributed by atoms with van der Waals surface area (Å²) in [6, 6.07) is 21.7. The van der Waals surface area contributed by atoms with Crippen LogP contribution in [0.15, 0.2) is 72.3 Å². The zero-order valence-electron chi connectivity index (χ0n) is 18.9. The van der Waals surface area contributed by atoms with E-state index in [1.54, 1.807) is 0 Å². The van der Waals surface area contributed by atoms with Gasteiger partial charge in [-0.05, 0) is 29.7 Å². The minimum atomic E-state index is -1.69. The molecule has 2 aromatic rings. The highest BCUT2D eigenvalue weighted by Crippen LogP contribution is 2.76. The Morgan fingerprint density at radius 3 is 2.27 bits per heavy atom. The second-order valence-corrected chi connectivity index (χ2v) is 15.1. The first-order chi connectivity index (χ1) is 14.2. The molecule has 2 aromatic carbocycles. The van der Waals surface area contributed by atoms with E-state index in [1.807, 2.05) is 0 Å². The molecule has 5 rings (SSSR count). The van der Waals surface area contributed by atoms with Crippen LogP contribution in [-0.4, -0.2) is 21.3 Å². The highest BCUT2D eigenvalue weighted by molar-refractivity contribution is 6.94. The SMILES string of the molecule is CC1(C)[C@@H]2CC[C@@]1(C)[C@]1(c3ccccc3)OB(/C=C\[Si](C)(C)c3ccccc3)OC21. The lowest BCUT2D eigenvalue weighted by atomic mass is 9.61. The minimum Gasteiger partial charge on any atom is -0.401 e. The maximum absolute atomic E-state index is 6.98. The molecule has 0 radical (unpaired) electrons. The Kier molecular flexibility index (Phi) is 4.52. The number of fused-ring (bicyclic) bond motifs is 5. The fourth-order valence-corrected chi connectivity index (χ4v) is 8.56. The second-order valence-electron chi connectivity index (χ2n) is 10.8. The molecule has 3 fully saturated rings. The normalized spacial score (nSPS) is 34.6. The quantitative estimate of drug-likeness (QED) is 0.614. The molecule has 156 valence electrons. The van der Waals surface area contributed by atoms with Gasteiger partial charge in [-0.1, -0.05) is 111 Å². The van der Waals surface area contributed by atoms with E-state index in [0.717, 1.165) is 0 Å². The van der Waals surface area contributed by atoms with Gasteiger partial charge in [0, 0.05) is 5.41 Å². The lowest BCUT2D eigenvalue weighted by Crippen LogP contribution is -2.50. The molecule has 4 atom stereocenters. The van der Waals surface area contributed by atoms with Crippen LogP contribution in [0.2, 0.25) is 13.1 Å². The van der Waals surface area contributed by atoms with Crippen LogP contribution in [0.3, 0.4) is 0 Å². The Morgan fingerprint density at radius 1 is 0.967 bits per heavy atom. The zero-order chi connectivity index (χ0) is 21.2. The standard InChI is InChI=1S/C26H33BO2Si/c1-24(2)22-16-17-25(24,3)26(20-12-8-6-9-13-20)23(22)28-27(29-26)18-19-30(4,5)21-14-10-7-11-15-21/h6-15,18-19,22-23H,16-17H2,1-5H3/b19-18-/t22-,23?,25-,26-/m1/s1. The van der Waals surface area contributed by atoms with Gasteiger partial charge in [0.2, 0.25) is 0 Å². The van der Waals surface area contributed by atoms with Crippen molar-refractivity contribution in [2.75, 3.05) is 0 Å². The summed E-state index contributed by atoms with van der Waals surface area (Å²) in [5, 5.41) is 1.44. The maximum atomic E-state index is 6.98. The molecule has 3 aliphatic rings. The Labute approximate surface area is 182 Å². The van der Waals surface area contributed by atoms with Gasteiger partial charge in [0.1, 0.15) is 13.7 Å². The Bertz CT molecular complexity index is 958.